The van der Waals surface area contributed by atoms with Crippen LogP contribution in [0.15, 0.2) is 51.4 Å². The number of carbonyl (C=O) groups is 1. The molecule has 0 bridgehead atoms. The standard InChI is InChI=1S/C17H13BrN2O4/c1-10-5-4-7-12(15(10)21)17(22)23-9-14-19-20-16(24-14)11-6-2-3-8-13(11)18/h2-8,21H,9H2,1H3. The third-order valence-corrected chi connectivity index (χ3v) is 4.05. The molecule has 0 aliphatic carbocycles. The molecule has 0 amide bonds. The molecule has 7 heteroatoms. The number of aromatic hydroxyl groups is 1. The summed E-state index contributed by atoms with van der Waals surface area (Å²) in [7, 11) is 0. The molecule has 0 saturated heterocycles. The molecule has 3 rings (SSSR count). The Balaban J connectivity index is 1.71. The number of phenolic OH excluding ortho intramolecular Hbond substituents is 1. The van der Waals surface area contributed by atoms with Gasteiger partial charge >= 0.3 is 5.97 Å². The molecule has 0 saturated carbocycles. The van der Waals surface area contributed by atoms with Crippen molar-refractivity contribution in [2.45, 2.75) is 13.5 Å². The predicted molar refractivity (Wildman–Crippen MR) is 89.4 cm³/mol. The largest absolute Gasteiger partial charge is 0.507 e. The number of para-hydroxylation sites is 1. The molecule has 1 aromatic heterocycles. The molecule has 122 valence electrons. The molecule has 0 aliphatic heterocycles. The molecule has 2 aromatic carbocycles. The number of aromatic nitrogens is 2. The first-order valence-electron chi connectivity index (χ1n) is 7.09. The Hall–Kier alpha value is -2.67. The van der Waals surface area contributed by atoms with Gasteiger partial charge in [-0.3, -0.25) is 0 Å². The number of carbonyl (C=O) groups excluding carboxylic acids is 1. The summed E-state index contributed by atoms with van der Waals surface area (Å²) in [6.07, 6.45) is 0. The maximum atomic E-state index is 12.0. The fourth-order valence-corrected chi connectivity index (χ4v) is 2.54. The first-order valence-corrected chi connectivity index (χ1v) is 7.88. The highest BCUT2D eigenvalue weighted by Crippen LogP contribution is 2.27. The Morgan fingerprint density at radius 3 is 2.79 bits per heavy atom. The normalized spacial score (nSPS) is 10.6. The van der Waals surface area contributed by atoms with Crippen LogP contribution in [0.3, 0.4) is 0 Å². The van der Waals surface area contributed by atoms with E-state index in [1.165, 1.54) is 6.07 Å². The number of phenols is 1. The van der Waals surface area contributed by atoms with Crippen LogP contribution in [0.1, 0.15) is 21.8 Å². The van der Waals surface area contributed by atoms with Gasteiger partial charge in [0.15, 0.2) is 6.61 Å². The summed E-state index contributed by atoms with van der Waals surface area (Å²) in [6, 6.07) is 12.3. The molecule has 0 unspecified atom stereocenters. The van der Waals surface area contributed by atoms with Crippen molar-refractivity contribution in [3.63, 3.8) is 0 Å². The third kappa shape index (κ3) is 3.30. The molecule has 0 aliphatic rings. The van der Waals surface area contributed by atoms with Crippen molar-refractivity contribution in [3.05, 3.63) is 64.0 Å². The Bertz CT molecular complexity index is 892. The lowest BCUT2D eigenvalue weighted by molar-refractivity contribution is 0.0435. The Kier molecular flexibility index (Phi) is 4.61. The lowest BCUT2D eigenvalue weighted by Gasteiger charge is -2.06. The molecular formula is C17H13BrN2O4. The van der Waals surface area contributed by atoms with Gasteiger partial charge in [-0.05, 0) is 46.6 Å². The molecule has 3 aromatic rings. The number of hydrogen-bond donors (Lipinski definition) is 1. The maximum absolute atomic E-state index is 12.0. The lowest BCUT2D eigenvalue weighted by atomic mass is 10.1. The van der Waals surface area contributed by atoms with Gasteiger partial charge in [0.1, 0.15) is 11.3 Å². The number of rotatable bonds is 4. The van der Waals surface area contributed by atoms with E-state index in [4.69, 9.17) is 9.15 Å². The second-order valence-electron chi connectivity index (χ2n) is 5.03. The first kappa shape index (κ1) is 16.2. The fourth-order valence-electron chi connectivity index (χ4n) is 2.08. The second kappa shape index (κ2) is 6.84. The van der Waals surface area contributed by atoms with Crippen molar-refractivity contribution >= 4 is 21.9 Å². The zero-order valence-corrected chi connectivity index (χ0v) is 14.3. The summed E-state index contributed by atoms with van der Waals surface area (Å²) >= 11 is 3.41. The number of halogens is 1. The monoisotopic (exact) mass is 388 g/mol. The van der Waals surface area contributed by atoms with Gasteiger partial charge in [0.25, 0.3) is 5.89 Å². The molecule has 6 nitrogen and oxygen atoms in total. The minimum atomic E-state index is -0.656. The van der Waals surface area contributed by atoms with Crippen LogP contribution in [0.5, 0.6) is 5.75 Å². The summed E-state index contributed by atoms with van der Waals surface area (Å²) < 4.78 is 11.4. The minimum absolute atomic E-state index is 0.0954. The SMILES string of the molecule is Cc1cccc(C(=O)OCc2nnc(-c3ccccc3Br)o2)c1O. The molecule has 0 radical (unpaired) electrons. The summed E-state index contributed by atoms with van der Waals surface area (Å²) in [5, 5.41) is 17.7. The number of benzene rings is 2. The van der Waals surface area contributed by atoms with Crippen LogP contribution >= 0.6 is 15.9 Å². The Morgan fingerprint density at radius 1 is 1.21 bits per heavy atom. The van der Waals surface area contributed by atoms with E-state index in [9.17, 15) is 9.90 Å². The highest BCUT2D eigenvalue weighted by molar-refractivity contribution is 9.10. The molecule has 0 fully saturated rings. The van der Waals surface area contributed by atoms with E-state index in [2.05, 4.69) is 26.1 Å². The molecule has 1 heterocycles. The maximum Gasteiger partial charge on any atom is 0.342 e. The van der Waals surface area contributed by atoms with Crippen LogP contribution in [0.2, 0.25) is 0 Å². The number of esters is 1. The highest BCUT2D eigenvalue weighted by atomic mass is 79.9. The molecule has 24 heavy (non-hydrogen) atoms. The molecular weight excluding hydrogens is 376 g/mol. The highest BCUT2D eigenvalue weighted by Gasteiger charge is 2.16. The van der Waals surface area contributed by atoms with E-state index in [-0.39, 0.29) is 23.8 Å². The zero-order valence-electron chi connectivity index (χ0n) is 12.7. The van der Waals surface area contributed by atoms with E-state index < -0.39 is 5.97 Å². The van der Waals surface area contributed by atoms with Crippen molar-refractivity contribution in [1.29, 1.82) is 0 Å². The van der Waals surface area contributed by atoms with Gasteiger partial charge in [-0.25, -0.2) is 4.79 Å². The zero-order chi connectivity index (χ0) is 17.1. The van der Waals surface area contributed by atoms with Crippen LogP contribution in [-0.2, 0) is 11.3 Å². The number of ether oxygens (including phenoxy) is 1. The van der Waals surface area contributed by atoms with Crippen LogP contribution in [0.4, 0.5) is 0 Å². The van der Waals surface area contributed by atoms with Gasteiger partial charge in [0, 0.05) is 4.47 Å². The Morgan fingerprint density at radius 2 is 2.00 bits per heavy atom. The summed E-state index contributed by atoms with van der Waals surface area (Å²) in [4.78, 5) is 12.0. The summed E-state index contributed by atoms with van der Waals surface area (Å²) in [5.41, 5.74) is 1.44. The van der Waals surface area contributed by atoms with Crippen LogP contribution < -0.4 is 0 Å². The van der Waals surface area contributed by atoms with E-state index in [0.717, 1.165) is 10.0 Å². The topological polar surface area (TPSA) is 85.5 Å². The van der Waals surface area contributed by atoms with E-state index >= 15 is 0 Å². The van der Waals surface area contributed by atoms with Crippen LogP contribution in [0, 0.1) is 6.92 Å². The summed E-state index contributed by atoms with van der Waals surface area (Å²) in [6.45, 7) is 1.53. The van der Waals surface area contributed by atoms with Crippen LogP contribution in [0.25, 0.3) is 11.5 Å². The van der Waals surface area contributed by atoms with Gasteiger partial charge in [-0.1, -0.05) is 24.3 Å². The van der Waals surface area contributed by atoms with Crippen molar-refractivity contribution in [2.24, 2.45) is 0 Å². The van der Waals surface area contributed by atoms with E-state index in [1.54, 1.807) is 19.1 Å². The second-order valence-corrected chi connectivity index (χ2v) is 5.88. The van der Waals surface area contributed by atoms with Gasteiger partial charge in [0.05, 0.1) is 5.56 Å². The van der Waals surface area contributed by atoms with E-state index in [0.29, 0.717) is 11.5 Å². The van der Waals surface area contributed by atoms with Gasteiger partial charge in [0.2, 0.25) is 5.89 Å². The van der Waals surface area contributed by atoms with E-state index in [1.807, 2.05) is 24.3 Å². The fraction of sp³-hybridized carbons (Fsp3) is 0.118. The van der Waals surface area contributed by atoms with Crippen LogP contribution in [-0.4, -0.2) is 21.3 Å². The molecule has 0 atom stereocenters. The van der Waals surface area contributed by atoms with Gasteiger partial charge in [-0.15, -0.1) is 10.2 Å². The van der Waals surface area contributed by atoms with Gasteiger partial charge in [-0.2, -0.15) is 0 Å². The number of aryl methyl sites for hydroxylation is 1. The smallest absolute Gasteiger partial charge is 0.342 e. The van der Waals surface area contributed by atoms with Crippen molar-refractivity contribution in [2.75, 3.05) is 0 Å². The van der Waals surface area contributed by atoms with Crippen molar-refractivity contribution < 1.29 is 19.1 Å². The average molecular weight is 389 g/mol. The quantitative estimate of drug-likeness (QED) is 0.682. The number of hydrogen-bond acceptors (Lipinski definition) is 6. The Labute approximate surface area is 146 Å². The van der Waals surface area contributed by atoms with Gasteiger partial charge < -0.3 is 14.3 Å². The van der Waals surface area contributed by atoms with Crippen molar-refractivity contribution in [1.82, 2.24) is 10.2 Å². The lowest BCUT2D eigenvalue weighted by Crippen LogP contribution is -2.06. The molecule has 1 N–H and O–H groups in total. The first-order chi connectivity index (χ1) is 11.6. The predicted octanol–water partition coefficient (Wildman–Crippen LogP) is 3.87. The third-order valence-electron chi connectivity index (χ3n) is 3.36. The number of nitrogens with zero attached hydrogens (tertiary/aromatic N) is 2. The molecule has 0 spiro atoms. The minimum Gasteiger partial charge on any atom is -0.507 e. The average Bonchev–Trinajstić information content (AvgIpc) is 3.04. The van der Waals surface area contributed by atoms with Crippen molar-refractivity contribution in [3.8, 4) is 17.2 Å². The summed E-state index contributed by atoms with van der Waals surface area (Å²) in [5.74, 6) is -0.257.